The first-order chi connectivity index (χ1) is 13.1. The standard InChI is InChI=1S/C22H24N4O/c1-26-9-6-20(25-26)18-12-17(4-5-19(18)22(13-23)7-8-22)24-21(27)16-10-15(11-16)14-2-3-14/h4-6,9,12,14-16H,2-3,7-8,10-11H2,1H3,(H,24,27). The Balaban J connectivity index is 1.39. The van der Waals surface area contributed by atoms with Gasteiger partial charge in [-0.3, -0.25) is 9.48 Å². The number of nitriles is 1. The van der Waals surface area contributed by atoms with Crippen molar-refractivity contribution in [2.45, 2.75) is 43.9 Å². The van der Waals surface area contributed by atoms with Crippen LogP contribution in [-0.2, 0) is 17.3 Å². The fourth-order valence-corrected chi connectivity index (χ4v) is 4.45. The predicted molar refractivity (Wildman–Crippen MR) is 103 cm³/mol. The molecule has 3 aliphatic rings. The van der Waals surface area contributed by atoms with Crippen LogP contribution in [0, 0.1) is 29.1 Å². The van der Waals surface area contributed by atoms with Gasteiger partial charge in [0.2, 0.25) is 5.91 Å². The number of nitrogens with zero attached hydrogens (tertiary/aromatic N) is 3. The van der Waals surface area contributed by atoms with Gasteiger partial charge in [-0.25, -0.2) is 0 Å². The molecule has 0 unspecified atom stereocenters. The molecule has 27 heavy (non-hydrogen) atoms. The summed E-state index contributed by atoms with van der Waals surface area (Å²) in [6.45, 7) is 0. The normalized spacial score (nSPS) is 25.3. The number of carbonyl (C=O) groups is 1. The molecule has 5 rings (SSSR count). The van der Waals surface area contributed by atoms with E-state index in [-0.39, 0.29) is 17.2 Å². The second-order valence-corrected chi connectivity index (χ2v) is 8.58. The highest BCUT2D eigenvalue weighted by Crippen LogP contribution is 2.51. The van der Waals surface area contributed by atoms with Crippen molar-refractivity contribution in [2.24, 2.45) is 24.8 Å². The van der Waals surface area contributed by atoms with Crippen molar-refractivity contribution < 1.29 is 4.79 Å². The van der Waals surface area contributed by atoms with Gasteiger partial charge in [0.1, 0.15) is 0 Å². The highest BCUT2D eigenvalue weighted by Gasteiger charge is 2.47. The Morgan fingerprint density at radius 1 is 1.26 bits per heavy atom. The number of aromatic nitrogens is 2. The molecule has 138 valence electrons. The smallest absolute Gasteiger partial charge is 0.227 e. The summed E-state index contributed by atoms with van der Waals surface area (Å²) in [5.74, 6) is 1.96. The quantitative estimate of drug-likeness (QED) is 0.875. The third-order valence-electron chi connectivity index (χ3n) is 6.59. The highest BCUT2D eigenvalue weighted by molar-refractivity contribution is 5.94. The van der Waals surface area contributed by atoms with E-state index < -0.39 is 0 Å². The molecule has 0 spiro atoms. The second-order valence-electron chi connectivity index (χ2n) is 8.58. The first-order valence-electron chi connectivity index (χ1n) is 9.95. The zero-order valence-electron chi connectivity index (χ0n) is 15.6. The van der Waals surface area contributed by atoms with Gasteiger partial charge in [-0.05, 0) is 74.1 Å². The molecular weight excluding hydrogens is 336 g/mol. The molecule has 1 N–H and O–H groups in total. The van der Waals surface area contributed by atoms with Gasteiger partial charge < -0.3 is 5.32 Å². The van der Waals surface area contributed by atoms with Gasteiger partial charge in [0.05, 0.1) is 17.2 Å². The van der Waals surface area contributed by atoms with Gasteiger partial charge >= 0.3 is 0 Å². The van der Waals surface area contributed by atoms with Crippen LogP contribution in [0.2, 0.25) is 0 Å². The zero-order chi connectivity index (χ0) is 18.6. The minimum absolute atomic E-state index is 0.132. The van der Waals surface area contributed by atoms with E-state index in [1.807, 2.05) is 37.5 Å². The van der Waals surface area contributed by atoms with Crippen molar-refractivity contribution in [3.63, 3.8) is 0 Å². The number of anilines is 1. The maximum absolute atomic E-state index is 12.6. The van der Waals surface area contributed by atoms with E-state index in [0.717, 1.165) is 60.0 Å². The number of rotatable bonds is 5. The van der Waals surface area contributed by atoms with Crippen molar-refractivity contribution >= 4 is 11.6 Å². The molecule has 3 fully saturated rings. The fourth-order valence-electron chi connectivity index (χ4n) is 4.45. The summed E-state index contributed by atoms with van der Waals surface area (Å²) in [5.41, 5.74) is 3.24. The fraction of sp³-hybridized carbons (Fsp3) is 0.500. The average molecular weight is 360 g/mol. The van der Waals surface area contributed by atoms with E-state index in [1.165, 1.54) is 12.8 Å². The number of benzene rings is 1. The number of hydrogen-bond acceptors (Lipinski definition) is 3. The maximum Gasteiger partial charge on any atom is 0.227 e. The van der Waals surface area contributed by atoms with Crippen molar-refractivity contribution in [1.82, 2.24) is 9.78 Å². The van der Waals surface area contributed by atoms with E-state index >= 15 is 0 Å². The molecule has 0 atom stereocenters. The topological polar surface area (TPSA) is 70.7 Å². The largest absolute Gasteiger partial charge is 0.326 e. The SMILES string of the molecule is Cn1ccc(-c2cc(NC(=O)C3CC(C4CC4)C3)ccc2C2(C#N)CC2)n1. The average Bonchev–Trinajstić information content (AvgIpc) is 3.53. The lowest BCUT2D eigenvalue weighted by atomic mass is 9.72. The number of hydrogen-bond donors (Lipinski definition) is 1. The second kappa shape index (κ2) is 5.95. The third kappa shape index (κ3) is 2.93. The van der Waals surface area contributed by atoms with E-state index in [2.05, 4.69) is 16.5 Å². The molecule has 5 nitrogen and oxygen atoms in total. The Morgan fingerprint density at radius 2 is 2.04 bits per heavy atom. The molecule has 2 aromatic rings. The molecule has 3 aliphatic carbocycles. The van der Waals surface area contributed by atoms with Crippen LogP contribution < -0.4 is 5.32 Å². The van der Waals surface area contributed by atoms with Gasteiger partial charge in [-0.2, -0.15) is 10.4 Å². The van der Waals surface area contributed by atoms with Crippen LogP contribution in [0.25, 0.3) is 11.3 Å². The Bertz CT molecular complexity index is 939. The van der Waals surface area contributed by atoms with E-state index in [4.69, 9.17) is 0 Å². The van der Waals surface area contributed by atoms with Crippen LogP contribution >= 0.6 is 0 Å². The summed E-state index contributed by atoms with van der Waals surface area (Å²) < 4.78 is 1.77. The molecule has 0 radical (unpaired) electrons. The monoisotopic (exact) mass is 360 g/mol. The lowest BCUT2D eigenvalue weighted by Crippen LogP contribution is -2.35. The van der Waals surface area contributed by atoms with Gasteiger partial charge in [0.25, 0.3) is 0 Å². The highest BCUT2D eigenvalue weighted by atomic mass is 16.1. The third-order valence-corrected chi connectivity index (χ3v) is 6.59. The lowest BCUT2D eigenvalue weighted by Gasteiger charge is -2.34. The van der Waals surface area contributed by atoms with Gasteiger partial charge in [-0.15, -0.1) is 0 Å². The Kier molecular flexibility index (Phi) is 3.65. The van der Waals surface area contributed by atoms with Crippen LogP contribution in [0.1, 0.15) is 44.1 Å². The first-order valence-corrected chi connectivity index (χ1v) is 9.95. The summed E-state index contributed by atoms with van der Waals surface area (Å²) in [7, 11) is 1.89. The van der Waals surface area contributed by atoms with Crippen LogP contribution in [0.15, 0.2) is 30.5 Å². The van der Waals surface area contributed by atoms with E-state index in [9.17, 15) is 10.1 Å². The van der Waals surface area contributed by atoms with Gasteiger partial charge in [0, 0.05) is 30.4 Å². The van der Waals surface area contributed by atoms with E-state index in [1.54, 1.807) is 4.68 Å². The van der Waals surface area contributed by atoms with Crippen molar-refractivity contribution in [3.8, 4) is 17.3 Å². The lowest BCUT2D eigenvalue weighted by molar-refractivity contribution is -0.124. The first kappa shape index (κ1) is 16.6. The van der Waals surface area contributed by atoms with E-state index in [0.29, 0.717) is 0 Å². The van der Waals surface area contributed by atoms with Crippen LogP contribution in [-0.4, -0.2) is 15.7 Å². The molecule has 0 saturated heterocycles. The van der Waals surface area contributed by atoms with Crippen LogP contribution in [0.3, 0.4) is 0 Å². The number of nitrogens with one attached hydrogen (secondary N) is 1. The number of aryl methyl sites for hydroxylation is 1. The molecule has 0 bridgehead atoms. The summed E-state index contributed by atoms with van der Waals surface area (Å²) in [4.78, 5) is 12.6. The molecule has 5 heteroatoms. The Morgan fingerprint density at radius 3 is 2.63 bits per heavy atom. The van der Waals surface area contributed by atoms with Crippen molar-refractivity contribution in [3.05, 3.63) is 36.0 Å². The minimum atomic E-state index is -0.388. The van der Waals surface area contributed by atoms with Crippen LogP contribution in [0.5, 0.6) is 0 Å². The molecular formula is C22H24N4O. The number of carbonyl (C=O) groups excluding carboxylic acids is 1. The predicted octanol–water partition coefficient (Wildman–Crippen LogP) is 4.02. The Hall–Kier alpha value is -2.61. The van der Waals surface area contributed by atoms with Crippen molar-refractivity contribution in [1.29, 1.82) is 5.26 Å². The summed E-state index contributed by atoms with van der Waals surface area (Å²) >= 11 is 0. The molecule has 1 aromatic heterocycles. The molecule has 0 aliphatic heterocycles. The molecule has 3 saturated carbocycles. The summed E-state index contributed by atoms with van der Waals surface area (Å²) in [6.07, 6.45) is 8.48. The number of amides is 1. The van der Waals surface area contributed by atoms with Gasteiger partial charge in [-0.1, -0.05) is 6.07 Å². The Labute approximate surface area is 159 Å². The van der Waals surface area contributed by atoms with Crippen molar-refractivity contribution in [2.75, 3.05) is 5.32 Å². The summed E-state index contributed by atoms with van der Waals surface area (Å²) in [5, 5.41) is 17.3. The van der Waals surface area contributed by atoms with Crippen LogP contribution in [0.4, 0.5) is 5.69 Å². The minimum Gasteiger partial charge on any atom is -0.326 e. The molecule has 1 heterocycles. The van der Waals surface area contributed by atoms with Gasteiger partial charge in [0.15, 0.2) is 0 Å². The maximum atomic E-state index is 12.6. The molecule has 1 amide bonds. The summed E-state index contributed by atoms with van der Waals surface area (Å²) in [6, 6.07) is 10.4. The zero-order valence-corrected chi connectivity index (χ0v) is 15.6. The molecule has 1 aromatic carbocycles.